The Bertz CT molecular complexity index is 195. The first-order chi connectivity index (χ1) is 7.56. The standard InChI is InChI=1S/C12H27N3O/c1-5-7-8-15(6-2)11(10-13)9-12(16)14(3)4/h11H,5-10,13H2,1-4H3. The van der Waals surface area contributed by atoms with Crippen LogP contribution < -0.4 is 5.73 Å². The molecule has 0 rings (SSSR count). The Balaban J connectivity index is 4.26. The Kier molecular flexibility index (Phi) is 8.21. The molecule has 4 heteroatoms. The van der Waals surface area contributed by atoms with Gasteiger partial charge in [-0.2, -0.15) is 0 Å². The van der Waals surface area contributed by atoms with Crippen LogP contribution in [0.4, 0.5) is 0 Å². The molecule has 0 aliphatic rings. The van der Waals surface area contributed by atoms with Gasteiger partial charge in [-0.05, 0) is 19.5 Å². The lowest BCUT2D eigenvalue weighted by molar-refractivity contribution is -0.129. The third-order valence-electron chi connectivity index (χ3n) is 2.90. The SMILES string of the molecule is CCCCN(CC)C(CN)CC(=O)N(C)C. The average molecular weight is 229 g/mol. The molecule has 0 spiro atoms. The van der Waals surface area contributed by atoms with Crippen molar-refractivity contribution in [2.75, 3.05) is 33.7 Å². The topological polar surface area (TPSA) is 49.6 Å². The Hall–Kier alpha value is -0.610. The first-order valence-corrected chi connectivity index (χ1v) is 6.21. The Morgan fingerprint density at radius 1 is 1.31 bits per heavy atom. The van der Waals surface area contributed by atoms with Crippen LogP contribution in [0.3, 0.4) is 0 Å². The van der Waals surface area contributed by atoms with Crippen LogP contribution in [0.25, 0.3) is 0 Å². The number of amides is 1. The van der Waals surface area contributed by atoms with E-state index in [2.05, 4.69) is 18.7 Å². The van der Waals surface area contributed by atoms with Gasteiger partial charge in [0.1, 0.15) is 0 Å². The normalized spacial score (nSPS) is 12.9. The molecule has 0 heterocycles. The van der Waals surface area contributed by atoms with E-state index in [9.17, 15) is 4.79 Å². The van der Waals surface area contributed by atoms with Crippen LogP contribution in [-0.4, -0.2) is 55.5 Å². The lowest BCUT2D eigenvalue weighted by Gasteiger charge is -2.30. The molecule has 0 aromatic rings. The minimum absolute atomic E-state index is 0.158. The molecule has 4 nitrogen and oxygen atoms in total. The van der Waals surface area contributed by atoms with Gasteiger partial charge in [0.05, 0.1) is 0 Å². The van der Waals surface area contributed by atoms with Crippen molar-refractivity contribution in [1.82, 2.24) is 9.80 Å². The van der Waals surface area contributed by atoms with Gasteiger partial charge in [-0.25, -0.2) is 0 Å². The maximum absolute atomic E-state index is 11.7. The molecule has 0 fully saturated rings. The van der Waals surface area contributed by atoms with Crippen molar-refractivity contribution in [3.05, 3.63) is 0 Å². The maximum atomic E-state index is 11.7. The second-order valence-electron chi connectivity index (χ2n) is 4.36. The molecule has 16 heavy (non-hydrogen) atoms. The van der Waals surface area contributed by atoms with Gasteiger partial charge in [0, 0.05) is 33.1 Å². The van der Waals surface area contributed by atoms with Gasteiger partial charge in [-0.15, -0.1) is 0 Å². The number of unbranched alkanes of at least 4 members (excludes halogenated alkanes) is 1. The number of rotatable bonds is 8. The fourth-order valence-corrected chi connectivity index (χ4v) is 1.71. The number of hydrogen-bond donors (Lipinski definition) is 1. The summed E-state index contributed by atoms with van der Waals surface area (Å²) < 4.78 is 0. The summed E-state index contributed by atoms with van der Waals surface area (Å²) in [5, 5.41) is 0. The zero-order chi connectivity index (χ0) is 12.6. The van der Waals surface area contributed by atoms with Crippen LogP contribution in [0.15, 0.2) is 0 Å². The second-order valence-corrected chi connectivity index (χ2v) is 4.36. The summed E-state index contributed by atoms with van der Waals surface area (Å²) in [6.45, 7) is 6.85. The summed E-state index contributed by atoms with van der Waals surface area (Å²) in [7, 11) is 3.58. The van der Waals surface area contributed by atoms with Crippen LogP contribution in [0.5, 0.6) is 0 Å². The molecule has 0 bridgehead atoms. The molecule has 0 aliphatic carbocycles. The monoisotopic (exact) mass is 229 g/mol. The molecule has 0 aromatic carbocycles. The third-order valence-corrected chi connectivity index (χ3v) is 2.90. The number of hydrogen-bond acceptors (Lipinski definition) is 3. The van der Waals surface area contributed by atoms with Crippen molar-refractivity contribution in [2.45, 2.75) is 39.2 Å². The Labute approximate surface area is 99.8 Å². The van der Waals surface area contributed by atoms with Crippen LogP contribution in [0, 0.1) is 0 Å². The molecule has 0 saturated heterocycles. The fraction of sp³-hybridized carbons (Fsp3) is 0.917. The molecule has 96 valence electrons. The summed E-state index contributed by atoms with van der Waals surface area (Å²) in [5.41, 5.74) is 5.76. The lowest BCUT2D eigenvalue weighted by atomic mass is 10.1. The van der Waals surface area contributed by atoms with E-state index < -0.39 is 0 Å². The molecule has 0 aliphatic heterocycles. The minimum Gasteiger partial charge on any atom is -0.349 e. The van der Waals surface area contributed by atoms with Crippen molar-refractivity contribution >= 4 is 5.91 Å². The van der Waals surface area contributed by atoms with E-state index in [0.29, 0.717) is 13.0 Å². The lowest BCUT2D eigenvalue weighted by Crippen LogP contribution is -2.44. The summed E-state index contributed by atoms with van der Waals surface area (Å²) in [6.07, 6.45) is 2.87. The van der Waals surface area contributed by atoms with Crippen LogP contribution in [0.1, 0.15) is 33.1 Å². The molecular formula is C12H27N3O. The molecule has 0 radical (unpaired) electrons. The molecular weight excluding hydrogens is 202 g/mol. The highest BCUT2D eigenvalue weighted by molar-refractivity contribution is 5.76. The first-order valence-electron chi connectivity index (χ1n) is 6.21. The van der Waals surface area contributed by atoms with E-state index in [1.54, 1.807) is 19.0 Å². The van der Waals surface area contributed by atoms with Crippen molar-refractivity contribution in [3.8, 4) is 0 Å². The number of nitrogens with zero attached hydrogens (tertiary/aromatic N) is 2. The van der Waals surface area contributed by atoms with Gasteiger partial charge in [0.2, 0.25) is 5.91 Å². The zero-order valence-electron chi connectivity index (χ0n) is 11.2. The van der Waals surface area contributed by atoms with Crippen LogP contribution in [0.2, 0.25) is 0 Å². The van der Waals surface area contributed by atoms with E-state index >= 15 is 0 Å². The van der Waals surface area contributed by atoms with Gasteiger partial charge in [-0.3, -0.25) is 9.69 Å². The summed E-state index contributed by atoms with van der Waals surface area (Å²) in [4.78, 5) is 15.6. The minimum atomic E-state index is 0.158. The van der Waals surface area contributed by atoms with Crippen LogP contribution >= 0.6 is 0 Å². The van der Waals surface area contributed by atoms with E-state index in [-0.39, 0.29) is 11.9 Å². The van der Waals surface area contributed by atoms with Gasteiger partial charge < -0.3 is 10.6 Å². The van der Waals surface area contributed by atoms with Gasteiger partial charge >= 0.3 is 0 Å². The summed E-state index contributed by atoms with van der Waals surface area (Å²) >= 11 is 0. The Morgan fingerprint density at radius 3 is 2.31 bits per heavy atom. The van der Waals surface area contributed by atoms with Gasteiger partial charge in [-0.1, -0.05) is 20.3 Å². The number of likely N-dealkylation sites (N-methyl/N-ethyl adjacent to an activating group) is 1. The van der Waals surface area contributed by atoms with Crippen molar-refractivity contribution in [2.24, 2.45) is 5.73 Å². The molecule has 1 atom stereocenters. The smallest absolute Gasteiger partial charge is 0.223 e. The first kappa shape index (κ1) is 15.4. The average Bonchev–Trinajstić information content (AvgIpc) is 2.27. The predicted octanol–water partition coefficient (Wildman–Crippen LogP) is 0.914. The fourth-order valence-electron chi connectivity index (χ4n) is 1.71. The quantitative estimate of drug-likeness (QED) is 0.673. The van der Waals surface area contributed by atoms with Gasteiger partial charge in [0.15, 0.2) is 0 Å². The molecule has 2 N–H and O–H groups in total. The van der Waals surface area contributed by atoms with Gasteiger partial charge in [0.25, 0.3) is 0 Å². The third kappa shape index (κ3) is 5.47. The molecule has 1 unspecified atom stereocenters. The van der Waals surface area contributed by atoms with Crippen molar-refractivity contribution in [3.63, 3.8) is 0 Å². The summed E-state index contributed by atoms with van der Waals surface area (Å²) in [5.74, 6) is 0.158. The number of carbonyl (C=O) groups excluding carboxylic acids is 1. The van der Waals surface area contributed by atoms with E-state index in [4.69, 9.17) is 5.73 Å². The largest absolute Gasteiger partial charge is 0.349 e. The second kappa shape index (κ2) is 8.53. The highest BCUT2D eigenvalue weighted by atomic mass is 16.2. The molecule has 0 aromatic heterocycles. The summed E-state index contributed by atoms with van der Waals surface area (Å²) in [6, 6.07) is 0.187. The van der Waals surface area contributed by atoms with Crippen molar-refractivity contribution < 1.29 is 4.79 Å². The highest BCUT2D eigenvalue weighted by Gasteiger charge is 2.19. The number of carbonyl (C=O) groups is 1. The highest BCUT2D eigenvalue weighted by Crippen LogP contribution is 2.06. The molecule has 0 saturated carbocycles. The van der Waals surface area contributed by atoms with E-state index in [0.717, 1.165) is 13.1 Å². The van der Waals surface area contributed by atoms with Crippen LogP contribution in [-0.2, 0) is 4.79 Å². The predicted molar refractivity (Wildman–Crippen MR) is 68.3 cm³/mol. The van der Waals surface area contributed by atoms with E-state index in [1.807, 2.05) is 0 Å². The number of nitrogens with two attached hydrogens (primary N) is 1. The van der Waals surface area contributed by atoms with E-state index in [1.165, 1.54) is 12.8 Å². The maximum Gasteiger partial charge on any atom is 0.223 e. The molecule has 1 amide bonds. The zero-order valence-corrected chi connectivity index (χ0v) is 11.2. The van der Waals surface area contributed by atoms with Crippen molar-refractivity contribution in [1.29, 1.82) is 0 Å². The Morgan fingerprint density at radius 2 is 1.94 bits per heavy atom.